The smallest absolute Gasteiger partial charge is 0.257 e. The number of aliphatic hydroxyl groups is 1. The van der Waals surface area contributed by atoms with Crippen LogP contribution in [0.5, 0.6) is 5.75 Å². The first-order valence-electron chi connectivity index (χ1n) is 20.5. The van der Waals surface area contributed by atoms with E-state index in [0.29, 0.717) is 40.7 Å². The van der Waals surface area contributed by atoms with Gasteiger partial charge < -0.3 is 20.1 Å². The van der Waals surface area contributed by atoms with Crippen LogP contribution in [0.15, 0.2) is 54.6 Å². The van der Waals surface area contributed by atoms with Gasteiger partial charge >= 0.3 is 0 Å². The van der Waals surface area contributed by atoms with Gasteiger partial charge in [-0.3, -0.25) is 34.3 Å². The normalized spacial score (nSPS) is 23.6. The first kappa shape index (κ1) is 42.1. The highest BCUT2D eigenvalue weighted by molar-refractivity contribution is 6.31. The number of carbonyl (C=O) groups is 4. The summed E-state index contributed by atoms with van der Waals surface area (Å²) >= 11 is 6.23. The molecule has 2 atom stereocenters. The number of fused-ring (bicyclic) bond motifs is 1. The van der Waals surface area contributed by atoms with Crippen molar-refractivity contribution in [1.82, 2.24) is 20.4 Å². The van der Waals surface area contributed by atoms with Crippen LogP contribution in [0.25, 0.3) is 0 Å². The number of nitrogens with zero attached hydrogens (tertiary/aromatic N) is 4. The molecule has 4 amide bonds. The van der Waals surface area contributed by atoms with Gasteiger partial charge in [-0.05, 0) is 74.2 Å². The van der Waals surface area contributed by atoms with E-state index >= 15 is 4.39 Å². The second-order valence-corrected chi connectivity index (χ2v) is 17.8. The average molecular weight is 827 g/mol. The largest absolute Gasteiger partial charge is 0.489 e. The molecular formula is C45H52ClFN6O6. The number of hydrogen-bond acceptors (Lipinski definition) is 9. The van der Waals surface area contributed by atoms with E-state index in [1.165, 1.54) is 11.6 Å². The van der Waals surface area contributed by atoms with Gasteiger partial charge in [0, 0.05) is 66.7 Å². The van der Waals surface area contributed by atoms with Gasteiger partial charge in [-0.2, -0.15) is 5.26 Å². The molecule has 7 rings (SSSR count). The van der Waals surface area contributed by atoms with Gasteiger partial charge in [-0.1, -0.05) is 64.3 Å². The Morgan fingerprint density at radius 3 is 2.34 bits per heavy atom. The number of rotatable bonds is 13. The number of unbranched alkanes of at least 4 members (excludes halogenated alkanes) is 3. The molecule has 0 spiro atoms. The van der Waals surface area contributed by atoms with Crippen LogP contribution in [0.4, 0.5) is 10.1 Å². The molecule has 14 heteroatoms. The summed E-state index contributed by atoms with van der Waals surface area (Å²) in [7, 11) is 0. The molecular weight excluding hydrogens is 775 g/mol. The summed E-state index contributed by atoms with van der Waals surface area (Å²) in [4.78, 5) is 55.9. The van der Waals surface area contributed by atoms with Crippen molar-refractivity contribution in [3.05, 3.63) is 93.3 Å². The zero-order valence-electron chi connectivity index (χ0n) is 34.0. The molecule has 59 heavy (non-hydrogen) atoms. The summed E-state index contributed by atoms with van der Waals surface area (Å²) in [5.41, 5.74) is 2.14. The summed E-state index contributed by atoms with van der Waals surface area (Å²) in [5, 5.41) is 26.1. The molecule has 3 N–H and O–H groups in total. The number of nitrogens with one attached hydrogen (secondary N) is 2. The molecule has 312 valence electrons. The standard InChI is InChI=1S/C45H52ClFN6O6/c1-44(2)42(45(3,4)43(44)59-30-15-14-29(26-48)33(46)23-30)50-38(55)28-12-10-27(11-13-28)9-7-5-6-8-18-51-19-21-52(22-20-51)36-25-32-31(24-34(36)47)40(57)53(41(32)58)35-16-17-37(54)49-39(35)56/h10-15,23-25,35,41-43,58H,5-9,16-22H2,1-4H3,(H,50,55)(H,49,54,56)/t35-,41-,42?,43?/m1/s1. The molecule has 0 bridgehead atoms. The number of aryl methyl sites for hydroxylation is 1. The maximum Gasteiger partial charge on any atom is 0.257 e. The highest BCUT2D eigenvalue weighted by Gasteiger charge is 2.64. The van der Waals surface area contributed by atoms with Crippen molar-refractivity contribution in [1.29, 1.82) is 5.26 Å². The number of imide groups is 1. The summed E-state index contributed by atoms with van der Waals surface area (Å²) in [6.07, 6.45) is 3.79. The number of benzene rings is 3. The van der Waals surface area contributed by atoms with E-state index in [-0.39, 0.29) is 52.9 Å². The van der Waals surface area contributed by atoms with E-state index in [4.69, 9.17) is 16.3 Å². The summed E-state index contributed by atoms with van der Waals surface area (Å²) < 4.78 is 21.7. The van der Waals surface area contributed by atoms with E-state index < -0.39 is 35.8 Å². The highest BCUT2D eigenvalue weighted by atomic mass is 35.5. The number of nitriles is 1. The fourth-order valence-corrected chi connectivity index (χ4v) is 9.95. The van der Waals surface area contributed by atoms with Gasteiger partial charge in [0.25, 0.3) is 11.8 Å². The maximum absolute atomic E-state index is 15.4. The van der Waals surface area contributed by atoms with Crippen molar-refractivity contribution in [2.75, 3.05) is 37.6 Å². The van der Waals surface area contributed by atoms with Crippen LogP contribution in [0.3, 0.4) is 0 Å². The number of halogens is 2. The predicted molar refractivity (Wildman–Crippen MR) is 220 cm³/mol. The monoisotopic (exact) mass is 826 g/mol. The van der Waals surface area contributed by atoms with Crippen LogP contribution in [0.2, 0.25) is 5.02 Å². The Labute approximate surface area is 349 Å². The van der Waals surface area contributed by atoms with Gasteiger partial charge in [0.2, 0.25) is 11.8 Å². The predicted octanol–water partition coefficient (Wildman–Crippen LogP) is 6.14. The summed E-state index contributed by atoms with van der Waals surface area (Å²) in [6, 6.07) is 16.5. The minimum absolute atomic E-state index is 0.0369. The molecule has 3 aromatic rings. The zero-order chi connectivity index (χ0) is 42.2. The number of anilines is 1. The number of amides is 4. The van der Waals surface area contributed by atoms with E-state index in [2.05, 4.69) is 49.3 Å². The molecule has 0 radical (unpaired) electrons. The lowest BCUT2D eigenvalue weighted by atomic mass is 9.49. The maximum atomic E-state index is 15.4. The third kappa shape index (κ3) is 8.40. The number of piperidine rings is 1. The molecule has 4 aliphatic rings. The van der Waals surface area contributed by atoms with Crippen molar-refractivity contribution < 1.29 is 33.4 Å². The molecule has 3 fully saturated rings. The van der Waals surface area contributed by atoms with Crippen molar-refractivity contribution in [3.8, 4) is 11.8 Å². The quantitative estimate of drug-likeness (QED) is 0.136. The second-order valence-electron chi connectivity index (χ2n) is 17.4. The minimum Gasteiger partial charge on any atom is -0.489 e. The van der Waals surface area contributed by atoms with E-state index in [1.807, 2.05) is 29.2 Å². The van der Waals surface area contributed by atoms with E-state index in [9.17, 15) is 29.5 Å². The fraction of sp³-hybridized carbons (Fsp3) is 0.489. The molecule has 3 aliphatic heterocycles. The first-order valence-corrected chi connectivity index (χ1v) is 20.9. The van der Waals surface area contributed by atoms with Crippen LogP contribution in [-0.4, -0.2) is 89.4 Å². The number of hydrogen-bond donors (Lipinski definition) is 3. The van der Waals surface area contributed by atoms with Crippen LogP contribution in [-0.2, 0) is 16.0 Å². The van der Waals surface area contributed by atoms with Crippen LogP contribution in [0, 0.1) is 28.0 Å². The summed E-state index contributed by atoms with van der Waals surface area (Å²) in [6.45, 7) is 12.0. The lowest BCUT2D eigenvalue weighted by molar-refractivity contribution is -0.164. The topological polar surface area (TPSA) is 155 Å². The zero-order valence-corrected chi connectivity index (χ0v) is 34.8. The molecule has 2 saturated heterocycles. The molecule has 3 aromatic carbocycles. The molecule has 12 nitrogen and oxygen atoms in total. The summed E-state index contributed by atoms with van der Waals surface area (Å²) in [5.74, 6) is -1.75. The Morgan fingerprint density at radius 2 is 1.68 bits per heavy atom. The van der Waals surface area contributed by atoms with E-state index in [1.54, 1.807) is 18.2 Å². The van der Waals surface area contributed by atoms with Crippen molar-refractivity contribution in [2.24, 2.45) is 10.8 Å². The molecule has 1 aliphatic carbocycles. The Morgan fingerprint density at radius 1 is 0.983 bits per heavy atom. The van der Waals surface area contributed by atoms with Gasteiger partial charge in [0.05, 0.1) is 21.8 Å². The third-order valence-corrected chi connectivity index (χ3v) is 13.0. The fourth-order valence-electron chi connectivity index (χ4n) is 9.74. The van der Waals surface area contributed by atoms with Crippen LogP contribution >= 0.6 is 11.6 Å². The SMILES string of the molecule is CC1(C)C(NC(=O)c2ccc(CCCCCCN3CCN(c4cc5c(cc4F)C(=O)N([C@@H]4CCC(=O)NC4=O)[C@@H]5O)CC3)cc2)C(C)(C)C1Oc1ccc(C#N)c(Cl)c1. The van der Waals surface area contributed by atoms with Crippen LogP contribution < -0.4 is 20.3 Å². The van der Waals surface area contributed by atoms with Crippen LogP contribution in [0.1, 0.15) is 110 Å². The average Bonchev–Trinajstić information content (AvgIpc) is 3.44. The molecule has 0 unspecified atom stereocenters. The highest BCUT2D eigenvalue weighted by Crippen LogP contribution is 2.55. The third-order valence-electron chi connectivity index (χ3n) is 12.7. The van der Waals surface area contributed by atoms with Gasteiger partial charge in [0.15, 0.2) is 6.23 Å². The van der Waals surface area contributed by atoms with E-state index in [0.717, 1.165) is 62.7 Å². The van der Waals surface area contributed by atoms with Crippen molar-refractivity contribution >= 4 is 40.9 Å². The Bertz CT molecular complexity index is 2150. The van der Waals surface area contributed by atoms with Crippen molar-refractivity contribution in [2.45, 2.75) is 97.1 Å². The first-order chi connectivity index (χ1) is 28.1. The second kappa shape index (κ2) is 16.9. The minimum atomic E-state index is -1.40. The number of piperazine rings is 1. The number of carbonyl (C=O) groups excluding carboxylic acids is 4. The lowest BCUT2D eigenvalue weighted by Gasteiger charge is -2.63. The van der Waals surface area contributed by atoms with Gasteiger partial charge in [-0.25, -0.2) is 4.39 Å². The Balaban J connectivity index is 0.810. The Kier molecular flexibility index (Phi) is 12.1. The van der Waals surface area contributed by atoms with Gasteiger partial charge in [0.1, 0.15) is 29.8 Å². The molecule has 3 heterocycles. The number of aliphatic hydroxyl groups excluding tert-OH is 1. The Hall–Kier alpha value is -5.03. The number of ether oxygens (including phenoxy) is 1. The lowest BCUT2D eigenvalue weighted by Crippen LogP contribution is -2.74. The molecule has 0 aromatic heterocycles. The molecule has 1 saturated carbocycles. The van der Waals surface area contributed by atoms with Gasteiger partial charge in [-0.15, -0.1) is 0 Å². The van der Waals surface area contributed by atoms with Crippen molar-refractivity contribution in [3.63, 3.8) is 0 Å².